The Morgan fingerprint density at radius 1 is 1.24 bits per heavy atom. The summed E-state index contributed by atoms with van der Waals surface area (Å²) in [6.45, 7) is 3.47. The molecule has 0 bridgehead atoms. The molecule has 1 unspecified atom stereocenters. The standard InChI is InChI=1S/C16H14F2N2S/c1-9-3-4-12(17)16(15(9)18)20-10(2)11-7-14-13(19-8-11)5-6-21-14/h3-8,10,20H,1-2H3. The van der Waals surface area contributed by atoms with E-state index in [1.165, 1.54) is 12.1 Å². The maximum atomic E-state index is 14.0. The van der Waals surface area contributed by atoms with Gasteiger partial charge in [-0.2, -0.15) is 0 Å². The van der Waals surface area contributed by atoms with E-state index in [4.69, 9.17) is 0 Å². The first-order valence-electron chi connectivity index (χ1n) is 6.60. The highest BCUT2D eigenvalue weighted by Gasteiger charge is 2.15. The average molecular weight is 304 g/mol. The van der Waals surface area contributed by atoms with Crippen molar-refractivity contribution in [2.24, 2.45) is 0 Å². The Balaban J connectivity index is 1.92. The van der Waals surface area contributed by atoms with E-state index in [0.717, 1.165) is 15.8 Å². The summed E-state index contributed by atoms with van der Waals surface area (Å²) < 4.78 is 28.9. The van der Waals surface area contributed by atoms with Crippen LogP contribution < -0.4 is 5.32 Å². The molecule has 1 aromatic carbocycles. The highest BCUT2D eigenvalue weighted by atomic mass is 32.1. The van der Waals surface area contributed by atoms with Crippen LogP contribution in [0.2, 0.25) is 0 Å². The van der Waals surface area contributed by atoms with Gasteiger partial charge in [-0.25, -0.2) is 8.78 Å². The third-order valence-corrected chi connectivity index (χ3v) is 4.32. The fraction of sp³-hybridized carbons (Fsp3) is 0.188. The smallest absolute Gasteiger partial charge is 0.152 e. The molecule has 1 N–H and O–H groups in total. The third kappa shape index (κ3) is 2.61. The molecule has 2 aromatic heterocycles. The molecule has 0 amide bonds. The van der Waals surface area contributed by atoms with Crippen LogP contribution in [0.25, 0.3) is 10.2 Å². The van der Waals surface area contributed by atoms with Crippen molar-refractivity contribution < 1.29 is 8.78 Å². The van der Waals surface area contributed by atoms with Gasteiger partial charge in [0.1, 0.15) is 11.5 Å². The molecule has 3 rings (SSSR count). The van der Waals surface area contributed by atoms with Crippen molar-refractivity contribution >= 4 is 27.2 Å². The first-order chi connectivity index (χ1) is 10.1. The number of halogens is 2. The molecule has 1 atom stereocenters. The maximum Gasteiger partial charge on any atom is 0.152 e. The summed E-state index contributed by atoms with van der Waals surface area (Å²) in [5, 5.41) is 4.88. The molecule has 0 aliphatic carbocycles. The maximum absolute atomic E-state index is 14.0. The second-order valence-corrected chi connectivity index (χ2v) is 5.94. The molecule has 0 saturated heterocycles. The molecular weight excluding hydrogens is 290 g/mol. The second kappa shape index (κ2) is 5.41. The highest BCUT2D eigenvalue weighted by molar-refractivity contribution is 7.17. The van der Waals surface area contributed by atoms with Crippen LogP contribution >= 0.6 is 11.3 Å². The lowest BCUT2D eigenvalue weighted by atomic mass is 10.1. The summed E-state index contributed by atoms with van der Waals surface area (Å²) in [6, 6.07) is 6.40. The van der Waals surface area contributed by atoms with E-state index in [1.54, 1.807) is 24.5 Å². The van der Waals surface area contributed by atoms with E-state index >= 15 is 0 Å². The fourth-order valence-corrected chi connectivity index (χ4v) is 2.98. The summed E-state index contributed by atoms with van der Waals surface area (Å²) in [5.74, 6) is -1.14. The van der Waals surface area contributed by atoms with E-state index < -0.39 is 11.6 Å². The van der Waals surface area contributed by atoms with Crippen LogP contribution in [-0.4, -0.2) is 4.98 Å². The van der Waals surface area contributed by atoms with Gasteiger partial charge in [-0.1, -0.05) is 6.07 Å². The minimum Gasteiger partial charge on any atom is -0.374 e. The normalized spacial score (nSPS) is 12.6. The highest BCUT2D eigenvalue weighted by Crippen LogP contribution is 2.28. The van der Waals surface area contributed by atoms with Gasteiger partial charge in [-0.15, -0.1) is 11.3 Å². The average Bonchev–Trinajstić information content (AvgIpc) is 2.94. The van der Waals surface area contributed by atoms with Gasteiger partial charge in [0, 0.05) is 6.20 Å². The van der Waals surface area contributed by atoms with Crippen LogP contribution in [0.3, 0.4) is 0 Å². The van der Waals surface area contributed by atoms with Crippen molar-refractivity contribution in [3.05, 3.63) is 58.6 Å². The lowest BCUT2D eigenvalue weighted by molar-refractivity contribution is 0.579. The number of nitrogens with one attached hydrogen (secondary N) is 1. The minimum absolute atomic E-state index is 0.0891. The fourth-order valence-electron chi connectivity index (χ4n) is 2.19. The Kier molecular flexibility index (Phi) is 3.59. The van der Waals surface area contributed by atoms with Crippen molar-refractivity contribution in [3.8, 4) is 0 Å². The van der Waals surface area contributed by atoms with Crippen molar-refractivity contribution in [1.82, 2.24) is 4.98 Å². The van der Waals surface area contributed by atoms with Crippen molar-refractivity contribution in [1.29, 1.82) is 0 Å². The van der Waals surface area contributed by atoms with E-state index in [1.807, 2.05) is 24.4 Å². The van der Waals surface area contributed by atoms with Gasteiger partial charge >= 0.3 is 0 Å². The lowest BCUT2D eigenvalue weighted by Gasteiger charge is -2.17. The number of aromatic nitrogens is 1. The SMILES string of the molecule is Cc1ccc(F)c(NC(C)c2cnc3ccsc3c2)c1F. The quantitative estimate of drug-likeness (QED) is 0.732. The first kappa shape index (κ1) is 13.9. The van der Waals surface area contributed by atoms with Crippen LogP contribution in [-0.2, 0) is 0 Å². The molecule has 5 heteroatoms. The Bertz CT molecular complexity index is 798. The molecule has 0 radical (unpaired) electrons. The molecule has 0 spiro atoms. The molecule has 2 heterocycles. The molecule has 0 aliphatic heterocycles. The molecule has 0 saturated carbocycles. The van der Waals surface area contributed by atoms with Gasteiger partial charge < -0.3 is 5.32 Å². The lowest BCUT2D eigenvalue weighted by Crippen LogP contribution is -2.10. The minimum atomic E-state index is -0.588. The van der Waals surface area contributed by atoms with Crippen molar-refractivity contribution in [2.75, 3.05) is 5.32 Å². The number of nitrogens with zero attached hydrogens (tertiary/aromatic N) is 1. The summed E-state index contributed by atoms with van der Waals surface area (Å²) in [7, 11) is 0. The monoisotopic (exact) mass is 304 g/mol. The largest absolute Gasteiger partial charge is 0.374 e. The zero-order chi connectivity index (χ0) is 15.0. The Morgan fingerprint density at radius 2 is 2.05 bits per heavy atom. The molecule has 108 valence electrons. The zero-order valence-electron chi connectivity index (χ0n) is 11.7. The van der Waals surface area contributed by atoms with Gasteiger partial charge in [0.25, 0.3) is 0 Å². The number of anilines is 1. The Hall–Kier alpha value is -2.01. The van der Waals surface area contributed by atoms with E-state index in [0.29, 0.717) is 5.56 Å². The zero-order valence-corrected chi connectivity index (χ0v) is 12.5. The number of benzene rings is 1. The predicted octanol–water partition coefficient (Wildman–Crippen LogP) is 5.06. The summed E-state index contributed by atoms with van der Waals surface area (Å²) >= 11 is 1.60. The van der Waals surface area contributed by atoms with Crippen LogP contribution in [0.1, 0.15) is 24.1 Å². The Morgan fingerprint density at radius 3 is 2.86 bits per heavy atom. The molecule has 0 fully saturated rings. The number of aryl methyl sites for hydroxylation is 1. The molecule has 2 nitrogen and oxygen atoms in total. The van der Waals surface area contributed by atoms with Gasteiger partial charge in [-0.05, 0) is 48.6 Å². The molecular formula is C16H14F2N2S. The van der Waals surface area contributed by atoms with E-state index in [9.17, 15) is 8.78 Å². The number of fused-ring (bicyclic) bond motifs is 1. The topological polar surface area (TPSA) is 24.9 Å². The molecule has 0 aliphatic rings. The van der Waals surface area contributed by atoms with Gasteiger partial charge in [-0.3, -0.25) is 4.98 Å². The van der Waals surface area contributed by atoms with Crippen LogP contribution in [0, 0.1) is 18.6 Å². The number of thiophene rings is 1. The number of hydrogen-bond acceptors (Lipinski definition) is 3. The van der Waals surface area contributed by atoms with Gasteiger partial charge in [0.05, 0.1) is 16.3 Å². The van der Waals surface area contributed by atoms with Gasteiger partial charge in [0.15, 0.2) is 5.82 Å². The number of pyridine rings is 1. The number of hydrogen-bond donors (Lipinski definition) is 1. The van der Waals surface area contributed by atoms with Crippen LogP contribution in [0.4, 0.5) is 14.5 Å². The number of rotatable bonds is 3. The summed E-state index contributed by atoms with van der Waals surface area (Å²) in [6.07, 6.45) is 1.73. The second-order valence-electron chi connectivity index (χ2n) is 4.99. The molecule has 21 heavy (non-hydrogen) atoms. The summed E-state index contributed by atoms with van der Waals surface area (Å²) in [5.41, 5.74) is 2.15. The van der Waals surface area contributed by atoms with Crippen LogP contribution in [0.15, 0.2) is 35.8 Å². The summed E-state index contributed by atoms with van der Waals surface area (Å²) in [4.78, 5) is 4.35. The van der Waals surface area contributed by atoms with Gasteiger partial charge in [0.2, 0.25) is 0 Å². The van der Waals surface area contributed by atoms with E-state index in [2.05, 4.69) is 10.3 Å². The van der Waals surface area contributed by atoms with E-state index in [-0.39, 0.29) is 11.7 Å². The first-order valence-corrected chi connectivity index (χ1v) is 7.48. The Labute approximate surface area is 125 Å². The van der Waals surface area contributed by atoms with Crippen molar-refractivity contribution in [2.45, 2.75) is 19.9 Å². The third-order valence-electron chi connectivity index (χ3n) is 3.47. The van der Waals surface area contributed by atoms with Crippen molar-refractivity contribution in [3.63, 3.8) is 0 Å². The molecule has 3 aromatic rings. The predicted molar refractivity (Wildman–Crippen MR) is 82.8 cm³/mol. The van der Waals surface area contributed by atoms with Crippen LogP contribution in [0.5, 0.6) is 0 Å².